The number of anilines is 1. The maximum atomic E-state index is 12.8. The Kier molecular flexibility index (Phi) is 7.49. The van der Waals surface area contributed by atoms with Crippen LogP contribution in [0.25, 0.3) is 10.8 Å². The molecule has 3 amide bonds. The van der Waals surface area contributed by atoms with Crippen LogP contribution in [0.3, 0.4) is 0 Å². The lowest BCUT2D eigenvalue weighted by Gasteiger charge is -2.36. The second kappa shape index (κ2) is 11.5. The molecule has 2 atom stereocenters. The zero-order valence-corrected chi connectivity index (χ0v) is 20.6. The highest BCUT2D eigenvalue weighted by atomic mass is 16.5. The molecule has 0 saturated carbocycles. The van der Waals surface area contributed by atoms with E-state index in [2.05, 4.69) is 16.0 Å². The Hall–Kier alpha value is -4.85. The van der Waals surface area contributed by atoms with Gasteiger partial charge in [0.1, 0.15) is 12.4 Å². The van der Waals surface area contributed by atoms with Gasteiger partial charge in [-0.15, -0.1) is 0 Å². The number of amides is 3. The molecule has 0 radical (unpaired) electrons. The number of ether oxygens (including phenoxy) is 2. The van der Waals surface area contributed by atoms with Crippen LogP contribution in [0, 0.1) is 0 Å². The largest absolute Gasteiger partial charge is 0.468 e. The predicted octanol–water partition coefficient (Wildman–Crippen LogP) is 4.54. The van der Waals surface area contributed by atoms with Crippen molar-refractivity contribution in [2.45, 2.75) is 31.7 Å². The normalized spacial score (nSPS) is 16.2. The van der Waals surface area contributed by atoms with E-state index in [4.69, 9.17) is 9.47 Å². The molecular formula is C30H27N3O5. The molecule has 1 heterocycles. The quantitative estimate of drug-likeness (QED) is 0.287. The smallest absolute Gasteiger partial charge is 0.411 e. The molecule has 8 heteroatoms. The minimum absolute atomic E-state index is 0.115. The van der Waals surface area contributed by atoms with Gasteiger partial charge in [0.15, 0.2) is 6.04 Å². The molecule has 5 rings (SSSR count). The van der Waals surface area contributed by atoms with Crippen molar-refractivity contribution in [1.82, 2.24) is 10.6 Å². The van der Waals surface area contributed by atoms with Crippen LogP contribution in [0.15, 0.2) is 97.1 Å². The number of fused-ring (bicyclic) bond motifs is 1. The number of aryl methyl sites for hydroxylation is 1. The van der Waals surface area contributed by atoms with Gasteiger partial charge in [0.05, 0.1) is 0 Å². The van der Waals surface area contributed by atoms with Crippen LogP contribution < -0.4 is 20.7 Å². The van der Waals surface area contributed by atoms with Crippen molar-refractivity contribution in [3.05, 3.63) is 108 Å². The van der Waals surface area contributed by atoms with Crippen LogP contribution >= 0.6 is 0 Å². The topological polar surface area (TPSA) is 106 Å². The summed E-state index contributed by atoms with van der Waals surface area (Å²) in [5.41, 5.74) is 2.26. The number of nitrogens with one attached hydrogen (secondary N) is 3. The molecule has 0 spiro atoms. The zero-order chi connectivity index (χ0) is 26.3. The van der Waals surface area contributed by atoms with E-state index in [0.717, 1.165) is 21.9 Å². The van der Waals surface area contributed by atoms with E-state index in [1.807, 2.05) is 84.9 Å². The Balaban J connectivity index is 1.24. The van der Waals surface area contributed by atoms with Crippen molar-refractivity contribution in [2.75, 3.05) is 5.32 Å². The number of benzene rings is 4. The molecule has 38 heavy (non-hydrogen) atoms. The number of para-hydroxylation sites is 1. The Morgan fingerprint density at radius 2 is 1.55 bits per heavy atom. The Bertz CT molecular complexity index is 1440. The van der Waals surface area contributed by atoms with Crippen LogP contribution in [0.5, 0.6) is 5.75 Å². The Labute approximate surface area is 220 Å². The number of hydrogen-bond acceptors (Lipinski definition) is 5. The summed E-state index contributed by atoms with van der Waals surface area (Å²) in [5.74, 6) is 0.00683. The molecule has 0 aliphatic carbocycles. The van der Waals surface area contributed by atoms with E-state index >= 15 is 0 Å². The van der Waals surface area contributed by atoms with Gasteiger partial charge in [0, 0.05) is 12.1 Å². The van der Waals surface area contributed by atoms with E-state index < -0.39 is 18.4 Å². The molecule has 8 nitrogen and oxygen atoms in total. The summed E-state index contributed by atoms with van der Waals surface area (Å²) in [6.07, 6.45) is -0.756. The lowest BCUT2D eigenvalue weighted by atomic mass is 9.98. The van der Waals surface area contributed by atoms with Gasteiger partial charge in [-0.25, -0.2) is 4.79 Å². The summed E-state index contributed by atoms with van der Waals surface area (Å²) in [4.78, 5) is 37.5. The maximum Gasteiger partial charge on any atom is 0.411 e. The van der Waals surface area contributed by atoms with Gasteiger partial charge >= 0.3 is 6.09 Å². The number of β-lactam (4-membered cyclic amide) rings is 1. The van der Waals surface area contributed by atoms with Crippen molar-refractivity contribution in [3.63, 3.8) is 0 Å². The summed E-state index contributed by atoms with van der Waals surface area (Å²) in [7, 11) is 0. The third-order valence-electron chi connectivity index (χ3n) is 6.28. The molecular weight excluding hydrogens is 482 g/mol. The molecule has 1 aliphatic rings. The third kappa shape index (κ3) is 5.92. The molecule has 1 aliphatic heterocycles. The van der Waals surface area contributed by atoms with Crippen molar-refractivity contribution in [2.24, 2.45) is 0 Å². The summed E-state index contributed by atoms with van der Waals surface area (Å²) in [6, 6.07) is 29.2. The minimum Gasteiger partial charge on any atom is -0.468 e. The molecule has 1 fully saturated rings. The van der Waals surface area contributed by atoms with E-state index in [0.29, 0.717) is 17.9 Å². The highest BCUT2D eigenvalue weighted by Gasteiger charge is 2.42. The van der Waals surface area contributed by atoms with Gasteiger partial charge < -0.3 is 20.1 Å². The van der Waals surface area contributed by atoms with Gasteiger partial charge in [-0.1, -0.05) is 78.9 Å². The summed E-state index contributed by atoms with van der Waals surface area (Å²) in [5, 5.41) is 10.2. The van der Waals surface area contributed by atoms with E-state index in [1.54, 1.807) is 12.1 Å². The lowest BCUT2D eigenvalue weighted by Crippen LogP contribution is -2.71. The number of hydrogen-bond donors (Lipinski definition) is 3. The SMILES string of the molecule is O=C(CCc1c(NC(=O)OCc2ccccc2)ccc2ccccc12)N[C@@H]1C(=O)N[C@H]1Oc1ccccc1. The van der Waals surface area contributed by atoms with Gasteiger partial charge in [-0.3, -0.25) is 14.9 Å². The lowest BCUT2D eigenvalue weighted by molar-refractivity contribution is -0.143. The van der Waals surface area contributed by atoms with Gasteiger partial charge in [0.2, 0.25) is 12.1 Å². The molecule has 0 unspecified atom stereocenters. The Morgan fingerprint density at radius 3 is 2.32 bits per heavy atom. The Morgan fingerprint density at radius 1 is 0.842 bits per heavy atom. The predicted molar refractivity (Wildman–Crippen MR) is 143 cm³/mol. The van der Waals surface area contributed by atoms with Gasteiger partial charge in [-0.2, -0.15) is 0 Å². The summed E-state index contributed by atoms with van der Waals surface area (Å²) >= 11 is 0. The van der Waals surface area contributed by atoms with Crippen LogP contribution in [0.1, 0.15) is 17.5 Å². The first-order valence-corrected chi connectivity index (χ1v) is 12.4. The summed E-state index contributed by atoms with van der Waals surface area (Å²) < 4.78 is 11.1. The second-order valence-corrected chi connectivity index (χ2v) is 8.90. The molecule has 0 bridgehead atoms. The molecule has 3 N–H and O–H groups in total. The van der Waals surface area contributed by atoms with E-state index in [1.165, 1.54) is 0 Å². The van der Waals surface area contributed by atoms with Crippen LogP contribution in [0.2, 0.25) is 0 Å². The van der Waals surface area contributed by atoms with Gasteiger partial charge in [-0.05, 0) is 46.5 Å². The fourth-order valence-electron chi connectivity index (χ4n) is 4.31. The molecule has 192 valence electrons. The zero-order valence-electron chi connectivity index (χ0n) is 20.6. The van der Waals surface area contributed by atoms with Crippen molar-refractivity contribution < 1.29 is 23.9 Å². The fourth-order valence-corrected chi connectivity index (χ4v) is 4.31. The third-order valence-corrected chi connectivity index (χ3v) is 6.28. The first-order valence-electron chi connectivity index (χ1n) is 12.4. The number of rotatable bonds is 9. The maximum absolute atomic E-state index is 12.8. The first-order chi connectivity index (χ1) is 18.6. The summed E-state index contributed by atoms with van der Waals surface area (Å²) in [6.45, 7) is 0.146. The van der Waals surface area contributed by atoms with E-state index in [-0.39, 0.29) is 24.8 Å². The molecule has 1 saturated heterocycles. The standard InChI is InChI=1S/C30H27N3O5/c34-26(32-27-28(35)33-29(27)38-22-12-5-2-6-13-22)18-16-24-23-14-8-7-11-21(23)15-17-25(24)31-30(36)37-19-20-9-3-1-4-10-20/h1-15,17,27,29H,16,18-19H2,(H,31,36)(H,32,34)(H,33,35)/t27-,29+/m1/s1. The van der Waals surface area contributed by atoms with E-state index in [9.17, 15) is 14.4 Å². The van der Waals surface area contributed by atoms with Crippen LogP contribution in [0.4, 0.5) is 10.5 Å². The van der Waals surface area contributed by atoms with Crippen LogP contribution in [-0.2, 0) is 27.4 Å². The van der Waals surface area contributed by atoms with Crippen molar-refractivity contribution in [3.8, 4) is 5.75 Å². The minimum atomic E-state index is -0.777. The van der Waals surface area contributed by atoms with Crippen molar-refractivity contribution in [1.29, 1.82) is 0 Å². The average molecular weight is 510 g/mol. The van der Waals surface area contributed by atoms with Crippen molar-refractivity contribution >= 4 is 34.4 Å². The highest BCUT2D eigenvalue weighted by molar-refractivity contribution is 5.96. The molecule has 4 aromatic carbocycles. The highest BCUT2D eigenvalue weighted by Crippen LogP contribution is 2.28. The molecule has 4 aromatic rings. The van der Waals surface area contributed by atoms with Gasteiger partial charge in [0.25, 0.3) is 5.91 Å². The number of carbonyl (C=O) groups excluding carboxylic acids is 3. The average Bonchev–Trinajstić information content (AvgIpc) is 2.95. The molecule has 0 aromatic heterocycles. The fraction of sp³-hybridized carbons (Fsp3) is 0.167. The monoisotopic (exact) mass is 509 g/mol. The van der Waals surface area contributed by atoms with Crippen LogP contribution in [-0.4, -0.2) is 30.2 Å². The number of carbonyl (C=O) groups is 3. The first kappa shape index (κ1) is 24.8. The second-order valence-electron chi connectivity index (χ2n) is 8.90.